The Morgan fingerprint density at radius 1 is 1.27 bits per heavy atom. The van der Waals surface area contributed by atoms with Crippen molar-refractivity contribution in [3.63, 3.8) is 0 Å². The summed E-state index contributed by atoms with van der Waals surface area (Å²) in [6.07, 6.45) is 2.27. The minimum Gasteiger partial charge on any atom is -0.496 e. The maximum absolute atomic E-state index is 13.1. The molecule has 168 valence electrons. The first-order valence-electron chi connectivity index (χ1n) is 10.6. The number of morpholine rings is 1. The molecule has 0 saturated carbocycles. The predicted octanol–water partition coefficient (Wildman–Crippen LogP) is 1.24. The van der Waals surface area contributed by atoms with Gasteiger partial charge in [0.1, 0.15) is 5.75 Å². The van der Waals surface area contributed by atoms with Crippen molar-refractivity contribution in [2.24, 2.45) is 5.92 Å². The van der Waals surface area contributed by atoms with Crippen LogP contribution in [0.1, 0.15) is 24.8 Å². The van der Waals surface area contributed by atoms with Gasteiger partial charge in [-0.05, 0) is 56.5 Å². The van der Waals surface area contributed by atoms with E-state index in [1.165, 1.54) is 4.31 Å². The molecule has 8 nitrogen and oxygen atoms in total. The van der Waals surface area contributed by atoms with Gasteiger partial charge < -0.3 is 14.8 Å². The molecule has 1 N–H and O–H groups in total. The number of carbonyl (C=O) groups is 1. The van der Waals surface area contributed by atoms with Crippen molar-refractivity contribution in [1.82, 2.24) is 14.5 Å². The number of methoxy groups -OCH3 is 1. The molecular formula is C21H33N3O5S. The van der Waals surface area contributed by atoms with Gasteiger partial charge >= 0.3 is 0 Å². The van der Waals surface area contributed by atoms with Crippen LogP contribution >= 0.6 is 0 Å². The van der Waals surface area contributed by atoms with E-state index in [9.17, 15) is 13.2 Å². The lowest BCUT2D eigenvalue weighted by Gasteiger charge is -2.31. The van der Waals surface area contributed by atoms with Crippen LogP contribution in [0.25, 0.3) is 0 Å². The fourth-order valence-electron chi connectivity index (χ4n) is 4.02. The number of nitrogens with one attached hydrogen (secondary N) is 1. The zero-order valence-electron chi connectivity index (χ0n) is 17.9. The first-order valence-corrected chi connectivity index (χ1v) is 12.1. The number of piperidine rings is 1. The van der Waals surface area contributed by atoms with E-state index in [1.54, 1.807) is 25.3 Å². The lowest BCUT2D eigenvalue weighted by Crippen LogP contribution is -2.45. The number of aryl methyl sites for hydroxylation is 1. The third kappa shape index (κ3) is 5.72. The Balaban J connectivity index is 1.52. The molecule has 3 rings (SSSR count). The Hall–Kier alpha value is -1.68. The second-order valence-electron chi connectivity index (χ2n) is 7.93. The van der Waals surface area contributed by atoms with E-state index in [2.05, 4.69) is 10.2 Å². The molecule has 0 aromatic heterocycles. The van der Waals surface area contributed by atoms with Gasteiger partial charge in [-0.15, -0.1) is 0 Å². The van der Waals surface area contributed by atoms with E-state index < -0.39 is 10.0 Å². The summed E-state index contributed by atoms with van der Waals surface area (Å²) in [7, 11) is -2.08. The molecule has 1 amide bonds. The number of sulfonamides is 1. The molecular weight excluding hydrogens is 406 g/mol. The fraction of sp³-hybridized carbons (Fsp3) is 0.667. The van der Waals surface area contributed by atoms with E-state index >= 15 is 0 Å². The first-order chi connectivity index (χ1) is 14.4. The van der Waals surface area contributed by atoms with Gasteiger partial charge in [-0.2, -0.15) is 4.31 Å². The van der Waals surface area contributed by atoms with E-state index in [0.29, 0.717) is 31.7 Å². The zero-order chi connectivity index (χ0) is 21.6. The topological polar surface area (TPSA) is 88.2 Å². The van der Waals surface area contributed by atoms with E-state index in [4.69, 9.17) is 9.47 Å². The van der Waals surface area contributed by atoms with Crippen LogP contribution < -0.4 is 10.1 Å². The minimum atomic E-state index is -3.64. The third-order valence-corrected chi connectivity index (χ3v) is 7.67. The van der Waals surface area contributed by atoms with Crippen molar-refractivity contribution >= 4 is 15.9 Å². The number of ether oxygens (including phenoxy) is 2. The molecule has 30 heavy (non-hydrogen) atoms. The van der Waals surface area contributed by atoms with Gasteiger partial charge in [-0.25, -0.2) is 8.42 Å². The Labute approximate surface area is 179 Å². The maximum Gasteiger partial charge on any atom is 0.243 e. The summed E-state index contributed by atoms with van der Waals surface area (Å²) in [5, 5.41) is 2.99. The zero-order valence-corrected chi connectivity index (χ0v) is 18.7. The van der Waals surface area contributed by atoms with Gasteiger partial charge in [0.15, 0.2) is 0 Å². The van der Waals surface area contributed by atoms with Crippen LogP contribution in [0, 0.1) is 12.8 Å². The molecule has 1 aromatic rings. The summed E-state index contributed by atoms with van der Waals surface area (Å²) in [5.41, 5.74) is 0.769. The predicted molar refractivity (Wildman–Crippen MR) is 114 cm³/mol. The number of carbonyl (C=O) groups excluding carboxylic acids is 1. The van der Waals surface area contributed by atoms with Gasteiger partial charge in [0, 0.05) is 32.7 Å². The third-order valence-electron chi connectivity index (χ3n) is 5.81. The number of nitrogens with zero attached hydrogens (tertiary/aromatic N) is 2. The molecule has 1 atom stereocenters. The molecule has 0 radical (unpaired) electrons. The highest BCUT2D eigenvalue weighted by Crippen LogP contribution is 2.27. The Bertz CT molecular complexity index is 824. The number of rotatable bonds is 8. The molecule has 0 spiro atoms. The van der Waals surface area contributed by atoms with Crippen LogP contribution in [0.3, 0.4) is 0 Å². The highest BCUT2D eigenvalue weighted by Gasteiger charge is 2.33. The van der Waals surface area contributed by atoms with Crippen LogP contribution in [0.4, 0.5) is 0 Å². The van der Waals surface area contributed by atoms with E-state index in [0.717, 1.165) is 44.8 Å². The number of benzene rings is 1. The maximum atomic E-state index is 13.1. The average Bonchev–Trinajstić information content (AvgIpc) is 2.77. The summed E-state index contributed by atoms with van der Waals surface area (Å²) in [5.74, 6) is 0.293. The van der Waals surface area contributed by atoms with Crippen LogP contribution in [-0.4, -0.2) is 83.1 Å². The van der Waals surface area contributed by atoms with Crippen LogP contribution in [0.15, 0.2) is 23.1 Å². The van der Waals surface area contributed by atoms with Gasteiger partial charge in [-0.1, -0.05) is 0 Å². The van der Waals surface area contributed by atoms with Crippen molar-refractivity contribution in [3.8, 4) is 5.75 Å². The molecule has 2 aliphatic rings. The summed E-state index contributed by atoms with van der Waals surface area (Å²) in [4.78, 5) is 15.2. The first kappa shape index (κ1) is 23.0. The Kier molecular flexibility index (Phi) is 8.10. The van der Waals surface area contributed by atoms with Crippen LogP contribution in [0.5, 0.6) is 5.75 Å². The van der Waals surface area contributed by atoms with Crippen molar-refractivity contribution in [2.45, 2.75) is 31.1 Å². The second kappa shape index (κ2) is 10.6. The smallest absolute Gasteiger partial charge is 0.243 e. The van der Waals surface area contributed by atoms with Crippen LogP contribution in [-0.2, 0) is 19.6 Å². The molecule has 2 aliphatic heterocycles. The standard InChI is InChI=1S/C21H33N3O5S/c1-17-15-19(6-7-20(17)28-2)30(26,27)24-10-3-5-18(16-24)21(25)22-8-4-9-23-11-13-29-14-12-23/h6-7,15,18H,3-5,8-14,16H2,1-2H3,(H,22,25)/t18-/m1/s1. The van der Waals surface area contributed by atoms with Gasteiger partial charge in [0.2, 0.25) is 15.9 Å². The molecule has 2 heterocycles. The fourth-order valence-corrected chi connectivity index (χ4v) is 5.63. The highest BCUT2D eigenvalue weighted by molar-refractivity contribution is 7.89. The van der Waals surface area contributed by atoms with Gasteiger partial charge in [0.05, 0.1) is 31.1 Å². The summed E-state index contributed by atoms with van der Waals surface area (Å²) >= 11 is 0. The van der Waals surface area contributed by atoms with Crippen molar-refractivity contribution in [2.75, 3.05) is 59.6 Å². The summed E-state index contributed by atoms with van der Waals surface area (Å²) in [6.45, 7) is 7.45. The van der Waals surface area contributed by atoms with Crippen molar-refractivity contribution in [1.29, 1.82) is 0 Å². The monoisotopic (exact) mass is 439 g/mol. The van der Waals surface area contributed by atoms with Crippen molar-refractivity contribution < 1.29 is 22.7 Å². The average molecular weight is 440 g/mol. The number of hydrogen-bond acceptors (Lipinski definition) is 6. The lowest BCUT2D eigenvalue weighted by atomic mass is 9.99. The quantitative estimate of drug-likeness (QED) is 0.614. The molecule has 2 fully saturated rings. The molecule has 0 aliphatic carbocycles. The molecule has 1 aromatic carbocycles. The Morgan fingerprint density at radius 2 is 2.03 bits per heavy atom. The van der Waals surface area contributed by atoms with E-state index in [1.807, 2.05) is 6.92 Å². The largest absolute Gasteiger partial charge is 0.496 e. The number of hydrogen-bond donors (Lipinski definition) is 1. The Morgan fingerprint density at radius 3 is 2.73 bits per heavy atom. The normalized spacial score (nSPS) is 21.3. The lowest BCUT2D eigenvalue weighted by molar-refractivity contribution is -0.126. The second-order valence-corrected chi connectivity index (χ2v) is 9.87. The van der Waals surface area contributed by atoms with E-state index in [-0.39, 0.29) is 23.3 Å². The van der Waals surface area contributed by atoms with Crippen LogP contribution in [0.2, 0.25) is 0 Å². The number of amides is 1. The van der Waals surface area contributed by atoms with Crippen molar-refractivity contribution in [3.05, 3.63) is 23.8 Å². The molecule has 0 bridgehead atoms. The highest BCUT2D eigenvalue weighted by atomic mass is 32.2. The SMILES string of the molecule is COc1ccc(S(=O)(=O)N2CCC[C@@H](C(=O)NCCCN3CCOCC3)C2)cc1C. The minimum absolute atomic E-state index is 0.0530. The van der Waals surface area contributed by atoms with Gasteiger partial charge in [-0.3, -0.25) is 9.69 Å². The summed E-state index contributed by atoms with van der Waals surface area (Å²) in [6, 6.07) is 4.87. The molecule has 2 saturated heterocycles. The molecule has 0 unspecified atom stereocenters. The molecule has 9 heteroatoms. The summed E-state index contributed by atoms with van der Waals surface area (Å²) < 4.78 is 38.2. The van der Waals surface area contributed by atoms with Gasteiger partial charge in [0.25, 0.3) is 0 Å².